The Morgan fingerprint density at radius 2 is 2.38 bits per heavy atom. The summed E-state index contributed by atoms with van der Waals surface area (Å²) in [6.07, 6.45) is 3.52. The smallest absolute Gasteiger partial charge is 0.239 e. The SMILES string of the molecule is Nc1cnc(Cl)nc1NCC(=O)NC1CC1. The fourth-order valence-electron chi connectivity index (χ4n) is 1.18. The van der Waals surface area contributed by atoms with E-state index in [9.17, 15) is 4.79 Å². The van der Waals surface area contributed by atoms with Crippen LogP contribution < -0.4 is 16.4 Å². The van der Waals surface area contributed by atoms with Crippen LogP contribution in [0, 0.1) is 0 Å². The van der Waals surface area contributed by atoms with Crippen molar-refractivity contribution in [3.05, 3.63) is 11.5 Å². The van der Waals surface area contributed by atoms with Gasteiger partial charge in [0.25, 0.3) is 0 Å². The Bertz CT molecular complexity index is 407. The zero-order chi connectivity index (χ0) is 11.5. The molecular formula is C9H12ClN5O. The highest BCUT2D eigenvalue weighted by molar-refractivity contribution is 6.28. The molecule has 0 aromatic carbocycles. The number of nitrogens with two attached hydrogens (primary N) is 1. The molecule has 0 bridgehead atoms. The van der Waals surface area contributed by atoms with Gasteiger partial charge in [-0.3, -0.25) is 4.79 Å². The second kappa shape index (κ2) is 4.52. The summed E-state index contributed by atoms with van der Waals surface area (Å²) < 4.78 is 0. The maximum absolute atomic E-state index is 11.4. The summed E-state index contributed by atoms with van der Waals surface area (Å²) in [5.74, 6) is 0.308. The third kappa shape index (κ3) is 2.96. The normalized spacial score (nSPS) is 14.6. The molecule has 0 unspecified atom stereocenters. The quantitative estimate of drug-likeness (QED) is 0.664. The number of rotatable bonds is 4. The van der Waals surface area contributed by atoms with Crippen molar-refractivity contribution in [2.75, 3.05) is 17.6 Å². The minimum atomic E-state index is -0.0726. The Hall–Kier alpha value is -1.56. The summed E-state index contributed by atoms with van der Waals surface area (Å²) in [5, 5.41) is 5.75. The van der Waals surface area contributed by atoms with Gasteiger partial charge in [0, 0.05) is 6.04 Å². The molecule has 6 nitrogen and oxygen atoms in total. The number of anilines is 2. The Morgan fingerprint density at radius 3 is 3.06 bits per heavy atom. The molecule has 1 aromatic rings. The average molecular weight is 242 g/mol. The first kappa shape index (κ1) is 10.9. The van der Waals surface area contributed by atoms with Gasteiger partial charge < -0.3 is 16.4 Å². The zero-order valence-electron chi connectivity index (χ0n) is 8.53. The third-order valence-electron chi connectivity index (χ3n) is 2.15. The van der Waals surface area contributed by atoms with Gasteiger partial charge in [-0.25, -0.2) is 4.98 Å². The van der Waals surface area contributed by atoms with Gasteiger partial charge in [-0.05, 0) is 24.4 Å². The van der Waals surface area contributed by atoms with E-state index in [1.807, 2.05) is 0 Å². The molecule has 0 saturated heterocycles. The van der Waals surface area contributed by atoms with Gasteiger partial charge in [0.05, 0.1) is 18.4 Å². The number of carbonyl (C=O) groups is 1. The van der Waals surface area contributed by atoms with E-state index >= 15 is 0 Å². The maximum Gasteiger partial charge on any atom is 0.239 e. The number of nitrogen functional groups attached to an aromatic ring is 1. The van der Waals surface area contributed by atoms with E-state index < -0.39 is 0 Å². The van der Waals surface area contributed by atoms with E-state index in [4.69, 9.17) is 17.3 Å². The summed E-state index contributed by atoms with van der Waals surface area (Å²) in [6, 6.07) is 0.348. The molecule has 1 aliphatic carbocycles. The molecule has 1 aromatic heterocycles. The van der Waals surface area contributed by atoms with Crippen LogP contribution in [-0.2, 0) is 4.79 Å². The van der Waals surface area contributed by atoms with E-state index in [1.165, 1.54) is 6.20 Å². The summed E-state index contributed by atoms with van der Waals surface area (Å²) in [5.41, 5.74) is 5.98. The fraction of sp³-hybridized carbons (Fsp3) is 0.444. The minimum absolute atomic E-state index is 0.0726. The highest BCUT2D eigenvalue weighted by Crippen LogP contribution is 2.18. The molecule has 0 radical (unpaired) electrons. The van der Waals surface area contributed by atoms with Crippen LogP contribution >= 0.6 is 11.6 Å². The Morgan fingerprint density at radius 1 is 1.62 bits per heavy atom. The Labute approximate surface area is 97.6 Å². The first-order valence-corrected chi connectivity index (χ1v) is 5.34. The number of hydrogen-bond donors (Lipinski definition) is 3. The van der Waals surface area contributed by atoms with Crippen LogP contribution in [0.3, 0.4) is 0 Å². The lowest BCUT2D eigenvalue weighted by Crippen LogP contribution is -2.31. The molecule has 1 saturated carbocycles. The minimum Gasteiger partial charge on any atom is -0.394 e. The molecule has 7 heteroatoms. The van der Waals surface area contributed by atoms with Gasteiger partial charge in [0.2, 0.25) is 11.2 Å². The Balaban J connectivity index is 1.87. The monoisotopic (exact) mass is 241 g/mol. The highest BCUT2D eigenvalue weighted by atomic mass is 35.5. The van der Waals surface area contributed by atoms with Crippen LogP contribution in [0.4, 0.5) is 11.5 Å². The van der Waals surface area contributed by atoms with Crippen molar-refractivity contribution >= 4 is 29.0 Å². The van der Waals surface area contributed by atoms with E-state index in [2.05, 4.69) is 20.6 Å². The number of nitrogens with zero attached hydrogens (tertiary/aromatic N) is 2. The number of hydrogen-bond acceptors (Lipinski definition) is 5. The van der Waals surface area contributed by atoms with Crippen molar-refractivity contribution in [1.82, 2.24) is 15.3 Å². The number of nitrogens with one attached hydrogen (secondary N) is 2. The summed E-state index contributed by atoms with van der Waals surface area (Å²) in [7, 11) is 0. The first-order valence-electron chi connectivity index (χ1n) is 4.96. The van der Waals surface area contributed by atoms with Gasteiger partial charge >= 0.3 is 0 Å². The molecule has 16 heavy (non-hydrogen) atoms. The molecule has 2 rings (SSSR count). The van der Waals surface area contributed by atoms with Crippen LogP contribution in [-0.4, -0.2) is 28.5 Å². The number of amides is 1. The van der Waals surface area contributed by atoms with Crippen molar-refractivity contribution in [1.29, 1.82) is 0 Å². The fourth-order valence-corrected chi connectivity index (χ4v) is 1.31. The lowest BCUT2D eigenvalue weighted by atomic mass is 10.4. The predicted octanol–water partition coefficient (Wildman–Crippen LogP) is 0.403. The molecule has 4 N–H and O–H groups in total. The topological polar surface area (TPSA) is 92.9 Å². The largest absolute Gasteiger partial charge is 0.394 e. The molecule has 1 amide bonds. The van der Waals surface area contributed by atoms with Crippen LogP contribution in [0.1, 0.15) is 12.8 Å². The molecule has 0 atom stereocenters. The van der Waals surface area contributed by atoms with Gasteiger partial charge in [0.1, 0.15) is 0 Å². The summed E-state index contributed by atoms with van der Waals surface area (Å²) >= 11 is 5.61. The molecule has 1 aliphatic rings. The van der Waals surface area contributed by atoms with Crippen molar-refractivity contribution < 1.29 is 4.79 Å². The third-order valence-corrected chi connectivity index (χ3v) is 2.33. The Kier molecular flexibility index (Phi) is 3.09. The van der Waals surface area contributed by atoms with E-state index in [0.717, 1.165) is 12.8 Å². The molecule has 1 heterocycles. The molecule has 1 fully saturated rings. The summed E-state index contributed by atoms with van der Waals surface area (Å²) in [4.78, 5) is 19.0. The van der Waals surface area contributed by atoms with Crippen LogP contribution in [0.2, 0.25) is 5.28 Å². The standard InChI is InChI=1S/C9H12ClN5O/c10-9-13-3-6(11)8(15-9)12-4-7(16)14-5-1-2-5/h3,5H,1-2,4,11H2,(H,14,16)(H,12,13,15). The van der Waals surface area contributed by atoms with Gasteiger partial charge in [-0.1, -0.05) is 0 Å². The lowest BCUT2D eigenvalue weighted by molar-refractivity contribution is -0.119. The highest BCUT2D eigenvalue weighted by Gasteiger charge is 2.22. The molecular weight excluding hydrogens is 230 g/mol. The second-order valence-electron chi connectivity index (χ2n) is 3.64. The summed E-state index contributed by atoms with van der Waals surface area (Å²) in [6.45, 7) is 0.133. The average Bonchev–Trinajstić information content (AvgIpc) is 3.03. The van der Waals surface area contributed by atoms with Crippen molar-refractivity contribution in [2.45, 2.75) is 18.9 Å². The van der Waals surface area contributed by atoms with Crippen molar-refractivity contribution in [3.8, 4) is 0 Å². The number of aromatic nitrogens is 2. The second-order valence-corrected chi connectivity index (χ2v) is 3.98. The van der Waals surface area contributed by atoms with Crippen LogP contribution in [0.15, 0.2) is 6.20 Å². The van der Waals surface area contributed by atoms with Gasteiger partial charge in [-0.2, -0.15) is 4.98 Å². The van der Waals surface area contributed by atoms with Crippen molar-refractivity contribution in [3.63, 3.8) is 0 Å². The van der Waals surface area contributed by atoms with Gasteiger partial charge in [-0.15, -0.1) is 0 Å². The predicted molar refractivity (Wildman–Crippen MR) is 61.1 cm³/mol. The molecule has 0 spiro atoms. The number of carbonyl (C=O) groups excluding carboxylic acids is 1. The van der Waals surface area contributed by atoms with Crippen molar-refractivity contribution in [2.24, 2.45) is 0 Å². The van der Waals surface area contributed by atoms with E-state index in [-0.39, 0.29) is 17.7 Å². The van der Waals surface area contributed by atoms with Crippen LogP contribution in [0.25, 0.3) is 0 Å². The maximum atomic E-state index is 11.4. The number of halogens is 1. The first-order chi connectivity index (χ1) is 7.65. The van der Waals surface area contributed by atoms with E-state index in [1.54, 1.807) is 0 Å². The molecule has 86 valence electrons. The van der Waals surface area contributed by atoms with E-state index in [0.29, 0.717) is 17.5 Å². The zero-order valence-corrected chi connectivity index (χ0v) is 9.29. The lowest BCUT2D eigenvalue weighted by Gasteiger charge is -2.08. The molecule has 0 aliphatic heterocycles. The van der Waals surface area contributed by atoms with Gasteiger partial charge in [0.15, 0.2) is 5.82 Å². The van der Waals surface area contributed by atoms with Crippen LogP contribution in [0.5, 0.6) is 0 Å².